The van der Waals surface area contributed by atoms with Crippen LogP contribution in [0.4, 0.5) is 20.5 Å². The Morgan fingerprint density at radius 2 is 1.79 bits per heavy atom. The molecule has 2 aliphatic rings. The predicted molar refractivity (Wildman–Crippen MR) is 158 cm³/mol. The van der Waals surface area contributed by atoms with Gasteiger partial charge in [-0.05, 0) is 64.0 Å². The Bertz CT molecular complexity index is 1300. The number of rotatable bonds is 12. The number of ether oxygens (including phenoxy) is 1. The summed E-state index contributed by atoms with van der Waals surface area (Å²) in [7, 11) is 0. The van der Waals surface area contributed by atoms with Crippen LogP contribution in [-0.4, -0.2) is 98.8 Å². The molecule has 0 amide bonds. The number of aromatic nitrogens is 4. The van der Waals surface area contributed by atoms with Crippen molar-refractivity contribution in [2.45, 2.75) is 64.0 Å². The molecule has 3 aromatic rings. The van der Waals surface area contributed by atoms with Crippen molar-refractivity contribution in [1.82, 2.24) is 24.4 Å². The summed E-state index contributed by atoms with van der Waals surface area (Å²) in [5.74, 6) is 1.49. The van der Waals surface area contributed by atoms with E-state index in [4.69, 9.17) is 14.7 Å². The molecule has 0 unspecified atom stereocenters. The quantitative estimate of drug-likeness (QED) is 0.289. The molecule has 10 nitrogen and oxygen atoms in total. The van der Waals surface area contributed by atoms with Crippen LogP contribution in [0.1, 0.15) is 58.2 Å². The summed E-state index contributed by atoms with van der Waals surface area (Å²) in [6.07, 6.45) is 1.96. The van der Waals surface area contributed by atoms with E-state index in [1.54, 1.807) is 24.3 Å². The Morgan fingerprint density at radius 3 is 2.48 bits per heavy atom. The zero-order valence-electron chi connectivity index (χ0n) is 24.6. The van der Waals surface area contributed by atoms with Gasteiger partial charge in [0.1, 0.15) is 11.6 Å². The predicted octanol–water partition coefficient (Wildman–Crippen LogP) is 4.02. The topological polar surface area (TPSA) is 112 Å². The van der Waals surface area contributed by atoms with Crippen LogP contribution in [0.3, 0.4) is 0 Å². The Labute approximate surface area is 245 Å². The minimum absolute atomic E-state index is 0.140. The van der Waals surface area contributed by atoms with Gasteiger partial charge in [0, 0.05) is 51.4 Å². The molecule has 1 aliphatic carbocycles. The molecule has 1 aromatic carbocycles. The molecular weight excluding hydrogens is 544 g/mol. The number of halogens is 2. The number of imidazole rings is 1. The zero-order valence-corrected chi connectivity index (χ0v) is 24.6. The van der Waals surface area contributed by atoms with Gasteiger partial charge in [-0.25, -0.2) is 13.8 Å². The molecule has 2 aromatic heterocycles. The molecule has 3 heterocycles. The number of anilines is 2. The van der Waals surface area contributed by atoms with E-state index in [1.807, 2.05) is 19.9 Å². The van der Waals surface area contributed by atoms with Crippen LogP contribution < -0.4 is 10.2 Å². The van der Waals surface area contributed by atoms with Crippen molar-refractivity contribution in [3.8, 4) is 5.82 Å². The van der Waals surface area contributed by atoms with Crippen LogP contribution >= 0.6 is 0 Å². The van der Waals surface area contributed by atoms with E-state index < -0.39 is 12.0 Å². The first-order chi connectivity index (χ1) is 20.2. The van der Waals surface area contributed by atoms with Crippen LogP contribution in [-0.2, 0) is 4.74 Å². The maximum absolute atomic E-state index is 14.1. The maximum atomic E-state index is 14.1. The molecule has 3 N–H and O–H groups in total. The van der Waals surface area contributed by atoms with E-state index in [9.17, 15) is 19.0 Å². The summed E-state index contributed by atoms with van der Waals surface area (Å²) < 4.78 is 35.2. The second-order valence-electron chi connectivity index (χ2n) is 12.0. The number of hydrogen-bond donors (Lipinski definition) is 3. The average Bonchev–Trinajstić information content (AvgIpc) is 3.38. The summed E-state index contributed by atoms with van der Waals surface area (Å²) >= 11 is 0. The first kappa shape index (κ1) is 30.5. The molecule has 230 valence electrons. The molecule has 0 radical (unpaired) electrons. The molecule has 42 heavy (non-hydrogen) atoms. The van der Waals surface area contributed by atoms with Crippen LogP contribution in [0.25, 0.3) is 16.9 Å². The molecule has 1 saturated heterocycles. The lowest BCUT2D eigenvalue weighted by atomic mass is 9.84. The number of alkyl halides is 2. The highest BCUT2D eigenvalue weighted by molar-refractivity contribution is 5.78. The Kier molecular flexibility index (Phi) is 9.87. The molecule has 0 bridgehead atoms. The van der Waals surface area contributed by atoms with Gasteiger partial charge in [-0.1, -0.05) is 12.1 Å². The van der Waals surface area contributed by atoms with Crippen molar-refractivity contribution in [3.63, 3.8) is 0 Å². The van der Waals surface area contributed by atoms with Gasteiger partial charge in [-0.3, -0.25) is 9.47 Å². The van der Waals surface area contributed by atoms with Crippen LogP contribution in [0.2, 0.25) is 0 Å². The second-order valence-corrected chi connectivity index (χ2v) is 12.0. The minimum atomic E-state index is -2.76. The van der Waals surface area contributed by atoms with Crippen LogP contribution in [0.5, 0.6) is 0 Å². The van der Waals surface area contributed by atoms with E-state index in [1.165, 1.54) is 4.57 Å². The molecule has 12 heteroatoms. The number of para-hydroxylation sites is 2. The zero-order chi connectivity index (χ0) is 29.7. The van der Waals surface area contributed by atoms with Gasteiger partial charge in [0.25, 0.3) is 6.43 Å². The van der Waals surface area contributed by atoms with Crippen molar-refractivity contribution < 1.29 is 23.7 Å². The van der Waals surface area contributed by atoms with Crippen LogP contribution in [0.15, 0.2) is 30.3 Å². The fraction of sp³-hybridized carbons (Fsp3) is 0.633. The Balaban J connectivity index is 1.34. The lowest BCUT2D eigenvalue weighted by Crippen LogP contribution is -2.46. The van der Waals surface area contributed by atoms with E-state index >= 15 is 0 Å². The highest BCUT2D eigenvalue weighted by Crippen LogP contribution is 2.31. The van der Waals surface area contributed by atoms with Gasteiger partial charge in [0.2, 0.25) is 5.95 Å². The number of hydrogen-bond acceptors (Lipinski definition) is 9. The van der Waals surface area contributed by atoms with Gasteiger partial charge >= 0.3 is 0 Å². The van der Waals surface area contributed by atoms with E-state index in [2.05, 4.69) is 20.1 Å². The monoisotopic (exact) mass is 587 g/mol. The summed E-state index contributed by atoms with van der Waals surface area (Å²) in [5, 5.41) is 23.2. The van der Waals surface area contributed by atoms with Gasteiger partial charge in [-0.2, -0.15) is 9.97 Å². The summed E-state index contributed by atoms with van der Waals surface area (Å²) in [6.45, 7) is 8.27. The summed E-state index contributed by atoms with van der Waals surface area (Å²) in [6, 6.07) is 9.22. The van der Waals surface area contributed by atoms with Crippen molar-refractivity contribution in [3.05, 3.63) is 36.2 Å². The molecular formula is C30H43F2N7O3. The largest absolute Gasteiger partial charge is 0.396 e. The van der Waals surface area contributed by atoms with Gasteiger partial charge < -0.3 is 25.2 Å². The fourth-order valence-electron chi connectivity index (χ4n) is 6.11. The summed E-state index contributed by atoms with van der Waals surface area (Å²) in [4.78, 5) is 18.1. The number of aliphatic hydroxyl groups is 2. The molecule has 1 aliphatic heterocycles. The molecule has 0 atom stereocenters. The van der Waals surface area contributed by atoms with Crippen molar-refractivity contribution >= 4 is 22.8 Å². The Hall–Kier alpha value is -2.93. The second kappa shape index (κ2) is 13.6. The lowest BCUT2D eigenvalue weighted by Gasteiger charge is -2.39. The SMILES string of the molecule is CC(C)(O)CN(CCCO)[C@H]1CC[C@H](CNc2nc(N3CCOCC3)cc(-n3c(C(F)F)nc4ccccc43)n2)CC1. The third-order valence-corrected chi connectivity index (χ3v) is 8.12. The first-order valence-corrected chi connectivity index (χ1v) is 15.0. The van der Waals surface area contributed by atoms with Gasteiger partial charge in [-0.15, -0.1) is 0 Å². The highest BCUT2D eigenvalue weighted by atomic mass is 19.3. The molecule has 0 spiro atoms. The van der Waals surface area contributed by atoms with Crippen molar-refractivity contribution in [2.24, 2.45) is 5.92 Å². The van der Waals surface area contributed by atoms with E-state index in [0.717, 1.165) is 32.2 Å². The average molecular weight is 588 g/mol. The van der Waals surface area contributed by atoms with Gasteiger partial charge in [0.05, 0.1) is 29.8 Å². The number of nitrogens with one attached hydrogen (secondary N) is 1. The van der Waals surface area contributed by atoms with E-state index in [-0.39, 0.29) is 12.4 Å². The number of morpholine rings is 1. The number of fused-ring (bicyclic) bond motifs is 1. The Morgan fingerprint density at radius 1 is 1.07 bits per heavy atom. The van der Waals surface area contributed by atoms with Crippen molar-refractivity contribution in [2.75, 3.05) is 62.8 Å². The number of benzene rings is 1. The minimum Gasteiger partial charge on any atom is -0.396 e. The molecule has 2 fully saturated rings. The van der Waals surface area contributed by atoms with E-state index in [0.29, 0.717) is 86.4 Å². The smallest absolute Gasteiger partial charge is 0.296 e. The maximum Gasteiger partial charge on any atom is 0.296 e. The first-order valence-electron chi connectivity index (χ1n) is 15.0. The number of aliphatic hydroxyl groups excluding tert-OH is 1. The fourth-order valence-corrected chi connectivity index (χ4v) is 6.11. The third-order valence-electron chi connectivity index (χ3n) is 8.12. The van der Waals surface area contributed by atoms with Crippen molar-refractivity contribution in [1.29, 1.82) is 0 Å². The lowest BCUT2D eigenvalue weighted by molar-refractivity contribution is 0.00884. The normalized spacial score (nSPS) is 20.1. The van der Waals surface area contributed by atoms with Gasteiger partial charge in [0.15, 0.2) is 5.82 Å². The standard InChI is InChI=1S/C30H43F2N7O3/c1-30(2,41)20-38(12-5-15-40)22-10-8-21(9-11-22)19-33-29-35-25(37-13-16-42-17-14-37)18-26(36-29)39-24-7-4-3-6-23(24)34-28(39)27(31)32/h3-4,6-7,18,21-22,27,40-41H,5,8-17,19-20H2,1-2H3,(H,33,35,36)/t21-,22-. The molecule has 1 saturated carbocycles. The van der Waals surface area contributed by atoms with Crippen LogP contribution in [0, 0.1) is 5.92 Å². The third kappa shape index (κ3) is 7.52. The molecule has 5 rings (SSSR count). The highest BCUT2D eigenvalue weighted by Gasteiger charge is 2.29. The number of nitrogens with zero attached hydrogens (tertiary/aromatic N) is 6. The summed E-state index contributed by atoms with van der Waals surface area (Å²) in [5.41, 5.74) is 0.267.